The zero-order valence-electron chi connectivity index (χ0n) is 10.6. The molecule has 0 aliphatic rings. The number of carbonyl (C=O) groups is 1. The summed E-state index contributed by atoms with van der Waals surface area (Å²) in [7, 11) is 0. The third-order valence-corrected chi connectivity index (χ3v) is 3.66. The molecule has 0 fully saturated rings. The predicted molar refractivity (Wildman–Crippen MR) is 73.6 cm³/mol. The van der Waals surface area contributed by atoms with Crippen molar-refractivity contribution in [2.75, 3.05) is 0 Å². The standard InChI is InChI=1S/C13H9FN4O2S/c14-9-4-8(5-15-6-9)7-18-12(10-2-1-3-21-10)11(13(19)20)16-17-18/h1-6H,7H2,(H,19,20). The number of carboxylic acids is 1. The van der Waals surface area contributed by atoms with E-state index in [1.54, 1.807) is 6.07 Å². The number of aromatic nitrogens is 4. The molecule has 0 saturated heterocycles. The first-order valence-electron chi connectivity index (χ1n) is 5.95. The van der Waals surface area contributed by atoms with Crippen LogP contribution < -0.4 is 0 Å². The Kier molecular flexibility index (Phi) is 3.44. The van der Waals surface area contributed by atoms with Gasteiger partial charge in [0, 0.05) is 6.20 Å². The van der Waals surface area contributed by atoms with Gasteiger partial charge in [-0.25, -0.2) is 13.9 Å². The van der Waals surface area contributed by atoms with Gasteiger partial charge >= 0.3 is 5.97 Å². The van der Waals surface area contributed by atoms with Crippen LogP contribution in [0.2, 0.25) is 0 Å². The second kappa shape index (κ2) is 5.41. The maximum Gasteiger partial charge on any atom is 0.358 e. The number of pyridine rings is 1. The molecule has 106 valence electrons. The van der Waals surface area contributed by atoms with E-state index in [0.29, 0.717) is 11.3 Å². The monoisotopic (exact) mass is 304 g/mol. The van der Waals surface area contributed by atoms with Crippen molar-refractivity contribution in [1.82, 2.24) is 20.0 Å². The van der Waals surface area contributed by atoms with Gasteiger partial charge in [0.25, 0.3) is 0 Å². The second-order valence-electron chi connectivity index (χ2n) is 4.24. The van der Waals surface area contributed by atoms with Crippen molar-refractivity contribution in [3.63, 3.8) is 0 Å². The Hall–Kier alpha value is -2.61. The fourth-order valence-electron chi connectivity index (χ4n) is 1.94. The zero-order valence-corrected chi connectivity index (χ0v) is 11.4. The maximum atomic E-state index is 13.2. The second-order valence-corrected chi connectivity index (χ2v) is 5.19. The van der Waals surface area contributed by atoms with E-state index in [4.69, 9.17) is 0 Å². The summed E-state index contributed by atoms with van der Waals surface area (Å²) >= 11 is 1.39. The number of aromatic carboxylic acids is 1. The minimum Gasteiger partial charge on any atom is -0.476 e. The molecule has 1 N–H and O–H groups in total. The number of carboxylic acid groups (broad SMARTS) is 1. The molecule has 8 heteroatoms. The van der Waals surface area contributed by atoms with Gasteiger partial charge < -0.3 is 5.11 Å². The molecular weight excluding hydrogens is 295 g/mol. The van der Waals surface area contributed by atoms with Crippen molar-refractivity contribution >= 4 is 17.3 Å². The highest BCUT2D eigenvalue weighted by atomic mass is 32.1. The van der Waals surface area contributed by atoms with Gasteiger partial charge in [0.05, 0.1) is 17.6 Å². The quantitative estimate of drug-likeness (QED) is 0.800. The highest BCUT2D eigenvalue weighted by Crippen LogP contribution is 2.27. The first kappa shape index (κ1) is 13.4. The number of thiophene rings is 1. The molecule has 0 atom stereocenters. The third kappa shape index (κ3) is 2.65. The topological polar surface area (TPSA) is 80.9 Å². The zero-order chi connectivity index (χ0) is 14.8. The van der Waals surface area contributed by atoms with Crippen LogP contribution >= 0.6 is 11.3 Å². The van der Waals surface area contributed by atoms with E-state index < -0.39 is 11.8 Å². The summed E-state index contributed by atoms with van der Waals surface area (Å²) in [5, 5.41) is 18.6. The van der Waals surface area contributed by atoms with Crippen LogP contribution in [0.5, 0.6) is 0 Å². The molecule has 21 heavy (non-hydrogen) atoms. The summed E-state index contributed by atoms with van der Waals surface area (Å²) in [5.41, 5.74) is 0.859. The molecule has 0 bridgehead atoms. The van der Waals surface area contributed by atoms with Crippen molar-refractivity contribution < 1.29 is 14.3 Å². The summed E-state index contributed by atoms with van der Waals surface area (Å²) < 4.78 is 14.6. The van der Waals surface area contributed by atoms with Gasteiger partial charge in [0.2, 0.25) is 0 Å². The molecular formula is C13H9FN4O2S. The first-order chi connectivity index (χ1) is 10.1. The Morgan fingerprint density at radius 2 is 2.29 bits per heavy atom. The van der Waals surface area contributed by atoms with E-state index >= 15 is 0 Å². The molecule has 0 unspecified atom stereocenters. The molecule has 6 nitrogen and oxygen atoms in total. The van der Waals surface area contributed by atoms with E-state index in [-0.39, 0.29) is 12.2 Å². The molecule has 3 heterocycles. The fourth-order valence-corrected chi connectivity index (χ4v) is 2.71. The van der Waals surface area contributed by atoms with Gasteiger partial charge in [-0.15, -0.1) is 16.4 Å². The van der Waals surface area contributed by atoms with Crippen molar-refractivity contribution in [2.45, 2.75) is 6.54 Å². The first-order valence-corrected chi connectivity index (χ1v) is 6.83. The lowest BCUT2D eigenvalue weighted by atomic mass is 10.2. The van der Waals surface area contributed by atoms with Crippen molar-refractivity contribution in [3.05, 3.63) is 53.0 Å². The Morgan fingerprint density at radius 3 is 2.95 bits per heavy atom. The van der Waals surface area contributed by atoms with Crippen LogP contribution in [0.15, 0.2) is 36.0 Å². The minimum atomic E-state index is -1.15. The Labute approximate surface area is 122 Å². The lowest BCUT2D eigenvalue weighted by Gasteiger charge is -2.05. The van der Waals surface area contributed by atoms with Gasteiger partial charge in [-0.2, -0.15) is 0 Å². The molecule has 0 aromatic carbocycles. The van der Waals surface area contributed by atoms with Gasteiger partial charge in [-0.1, -0.05) is 11.3 Å². The van der Waals surface area contributed by atoms with E-state index in [2.05, 4.69) is 15.3 Å². The lowest BCUT2D eigenvalue weighted by molar-refractivity contribution is 0.0691. The van der Waals surface area contributed by atoms with Crippen LogP contribution in [-0.2, 0) is 6.54 Å². The van der Waals surface area contributed by atoms with Crippen LogP contribution in [0.25, 0.3) is 10.6 Å². The van der Waals surface area contributed by atoms with Gasteiger partial charge in [0.1, 0.15) is 11.5 Å². The fraction of sp³-hybridized carbons (Fsp3) is 0.0769. The molecule has 0 aliphatic carbocycles. The van der Waals surface area contributed by atoms with E-state index in [9.17, 15) is 14.3 Å². The normalized spacial score (nSPS) is 10.7. The van der Waals surface area contributed by atoms with Crippen LogP contribution in [0.4, 0.5) is 4.39 Å². The van der Waals surface area contributed by atoms with Crippen LogP contribution in [-0.4, -0.2) is 31.1 Å². The number of hydrogen-bond acceptors (Lipinski definition) is 5. The van der Waals surface area contributed by atoms with Crippen LogP contribution in [0.3, 0.4) is 0 Å². The molecule has 0 spiro atoms. The summed E-state index contributed by atoms with van der Waals surface area (Å²) in [6, 6.07) is 4.93. The molecule has 3 rings (SSSR count). The third-order valence-electron chi connectivity index (χ3n) is 2.79. The summed E-state index contributed by atoms with van der Waals surface area (Å²) in [6.45, 7) is 0.193. The van der Waals surface area contributed by atoms with Crippen LogP contribution in [0.1, 0.15) is 16.1 Å². The Morgan fingerprint density at radius 1 is 1.43 bits per heavy atom. The molecule has 0 aliphatic heterocycles. The van der Waals surface area contributed by atoms with Crippen molar-refractivity contribution in [2.24, 2.45) is 0 Å². The average Bonchev–Trinajstić information content (AvgIpc) is 3.06. The van der Waals surface area contributed by atoms with Crippen molar-refractivity contribution in [1.29, 1.82) is 0 Å². The number of rotatable bonds is 4. The van der Waals surface area contributed by atoms with E-state index in [1.807, 2.05) is 11.4 Å². The SMILES string of the molecule is O=C(O)c1nnn(Cc2cncc(F)c2)c1-c1cccs1. The molecule has 0 saturated carbocycles. The number of nitrogens with zero attached hydrogens (tertiary/aromatic N) is 4. The largest absolute Gasteiger partial charge is 0.476 e. The molecule has 3 aromatic rings. The van der Waals surface area contributed by atoms with E-state index in [1.165, 1.54) is 28.3 Å². The summed E-state index contributed by atoms with van der Waals surface area (Å²) in [4.78, 5) is 15.8. The predicted octanol–water partition coefficient (Wildman–Crippen LogP) is 2.29. The molecule has 0 radical (unpaired) electrons. The minimum absolute atomic E-state index is 0.123. The van der Waals surface area contributed by atoms with Gasteiger partial charge in [-0.05, 0) is 23.1 Å². The highest BCUT2D eigenvalue weighted by Gasteiger charge is 2.21. The highest BCUT2D eigenvalue weighted by molar-refractivity contribution is 7.13. The molecule has 3 aromatic heterocycles. The van der Waals surface area contributed by atoms with Gasteiger partial charge in [0.15, 0.2) is 5.69 Å². The summed E-state index contributed by atoms with van der Waals surface area (Å²) in [5.74, 6) is -1.61. The maximum absolute atomic E-state index is 13.2. The van der Waals surface area contributed by atoms with Crippen molar-refractivity contribution in [3.8, 4) is 10.6 Å². The Balaban J connectivity index is 2.05. The van der Waals surface area contributed by atoms with Crippen LogP contribution in [0, 0.1) is 5.82 Å². The van der Waals surface area contributed by atoms with E-state index in [0.717, 1.165) is 11.1 Å². The van der Waals surface area contributed by atoms with Gasteiger partial charge in [-0.3, -0.25) is 4.98 Å². The Bertz CT molecular complexity index is 785. The average molecular weight is 304 g/mol. The number of hydrogen-bond donors (Lipinski definition) is 1. The smallest absolute Gasteiger partial charge is 0.358 e. The summed E-state index contributed by atoms with van der Waals surface area (Å²) in [6.07, 6.45) is 2.61. The number of halogens is 1. The molecule has 0 amide bonds. The lowest BCUT2D eigenvalue weighted by Crippen LogP contribution is -2.06.